The highest BCUT2D eigenvalue weighted by Crippen LogP contribution is 2.24. The molecule has 1 heterocycles. The van der Waals surface area contributed by atoms with Gasteiger partial charge in [0.25, 0.3) is 0 Å². The summed E-state index contributed by atoms with van der Waals surface area (Å²) in [4.78, 5) is 2.41. The first-order valence-corrected chi connectivity index (χ1v) is 5.08. The van der Waals surface area contributed by atoms with Gasteiger partial charge in [0.1, 0.15) is 0 Å². The molecule has 0 aromatic heterocycles. The van der Waals surface area contributed by atoms with Crippen molar-refractivity contribution in [3.8, 4) is 0 Å². The second kappa shape index (κ2) is 3.93. The molecule has 0 aromatic rings. The summed E-state index contributed by atoms with van der Waals surface area (Å²) in [5, 5.41) is 0. The SMILES string of the molecule is CN1CCC(C2=CCC=CC=C2)C1. The lowest BCUT2D eigenvalue weighted by molar-refractivity contribution is 0.406. The van der Waals surface area contributed by atoms with Gasteiger partial charge >= 0.3 is 0 Å². The third-order valence-corrected chi connectivity index (χ3v) is 2.89. The highest BCUT2D eigenvalue weighted by atomic mass is 15.1. The monoisotopic (exact) mass is 175 g/mol. The Kier molecular flexibility index (Phi) is 2.65. The molecular formula is C12H17N. The summed E-state index contributed by atoms with van der Waals surface area (Å²) in [5.41, 5.74) is 1.54. The minimum absolute atomic E-state index is 0.779. The Bertz CT molecular complexity index is 260. The van der Waals surface area contributed by atoms with Crippen molar-refractivity contribution in [3.63, 3.8) is 0 Å². The van der Waals surface area contributed by atoms with E-state index in [4.69, 9.17) is 0 Å². The molecule has 1 heteroatoms. The van der Waals surface area contributed by atoms with Crippen molar-refractivity contribution < 1.29 is 0 Å². The van der Waals surface area contributed by atoms with Crippen LogP contribution in [0.4, 0.5) is 0 Å². The van der Waals surface area contributed by atoms with Crippen LogP contribution in [0.2, 0.25) is 0 Å². The predicted octanol–water partition coefficient (Wildman–Crippen LogP) is 2.38. The fourth-order valence-electron chi connectivity index (χ4n) is 2.11. The Labute approximate surface area is 80.4 Å². The quantitative estimate of drug-likeness (QED) is 0.591. The molecule has 1 atom stereocenters. The van der Waals surface area contributed by atoms with E-state index in [2.05, 4.69) is 42.3 Å². The van der Waals surface area contributed by atoms with E-state index in [0.29, 0.717) is 0 Å². The summed E-state index contributed by atoms with van der Waals surface area (Å²) in [7, 11) is 2.21. The molecule has 1 fully saturated rings. The number of rotatable bonds is 1. The molecule has 0 radical (unpaired) electrons. The van der Waals surface area contributed by atoms with Crippen LogP contribution in [-0.4, -0.2) is 25.0 Å². The molecular weight excluding hydrogens is 158 g/mol. The van der Waals surface area contributed by atoms with Gasteiger partial charge in [-0.2, -0.15) is 0 Å². The lowest BCUT2D eigenvalue weighted by atomic mass is 9.97. The van der Waals surface area contributed by atoms with Crippen molar-refractivity contribution in [3.05, 3.63) is 36.0 Å². The Hall–Kier alpha value is -0.820. The molecule has 1 unspecified atom stereocenters. The third-order valence-electron chi connectivity index (χ3n) is 2.89. The van der Waals surface area contributed by atoms with E-state index < -0.39 is 0 Å². The molecule has 1 saturated heterocycles. The Morgan fingerprint density at radius 1 is 1.38 bits per heavy atom. The Morgan fingerprint density at radius 3 is 3.08 bits per heavy atom. The molecule has 0 saturated carbocycles. The summed E-state index contributed by atoms with van der Waals surface area (Å²) in [6.07, 6.45) is 13.6. The molecule has 2 aliphatic rings. The van der Waals surface area contributed by atoms with Crippen LogP contribution in [-0.2, 0) is 0 Å². The number of hydrogen-bond donors (Lipinski definition) is 0. The average Bonchev–Trinajstić information content (AvgIpc) is 2.43. The van der Waals surface area contributed by atoms with E-state index in [1.807, 2.05) is 0 Å². The fraction of sp³-hybridized carbons (Fsp3) is 0.500. The number of hydrogen-bond acceptors (Lipinski definition) is 1. The highest BCUT2D eigenvalue weighted by molar-refractivity contribution is 5.29. The molecule has 0 amide bonds. The van der Waals surface area contributed by atoms with Crippen molar-refractivity contribution >= 4 is 0 Å². The zero-order valence-electron chi connectivity index (χ0n) is 8.24. The lowest BCUT2D eigenvalue weighted by Gasteiger charge is -2.11. The standard InChI is InChI=1S/C12H17N/c1-13-9-8-12(10-13)11-6-4-2-3-5-7-11/h2-4,6-7,12H,5,8-10H2,1H3. The summed E-state index contributed by atoms with van der Waals surface area (Å²) in [5.74, 6) is 0.779. The zero-order valence-corrected chi connectivity index (χ0v) is 8.24. The van der Waals surface area contributed by atoms with Crippen LogP contribution in [0.3, 0.4) is 0 Å². The van der Waals surface area contributed by atoms with Gasteiger partial charge in [0, 0.05) is 6.54 Å². The summed E-state index contributed by atoms with van der Waals surface area (Å²) in [6, 6.07) is 0. The average molecular weight is 175 g/mol. The first-order valence-electron chi connectivity index (χ1n) is 5.08. The van der Waals surface area contributed by atoms with Crippen LogP contribution in [0.25, 0.3) is 0 Å². The van der Waals surface area contributed by atoms with E-state index in [1.165, 1.54) is 25.1 Å². The molecule has 0 spiro atoms. The van der Waals surface area contributed by atoms with Gasteiger partial charge in [0.05, 0.1) is 0 Å². The normalized spacial score (nSPS) is 29.0. The van der Waals surface area contributed by atoms with Gasteiger partial charge in [-0.25, -0.2) is 0 Å². The van der Waals surface area contributed by atoms with Gasteiger partial charge in [0.15, 0.2) is 0 Å². The minimum atomic E-state index is 0.779. The van der Waals surface area contributed by atoms with Gasteiger partial charge in [0.2, 0.25) is 0 Å². The third kappa shape index (κ3) is 2.10. The first kappa shape index (κ1) is 8.76. The van der Waals surface area contributed by atoms with Gasteiger partial charge < -0.3 is 4.90 Å². The largest absolute Gasteiger partial charge is 0.306 e. The van der Waals surface area contributed by atoms with Crippen molar-refractivity contribution in [2.24, 2.45) is 5.92 Å². The van der Waals surface area contributed by atoms with Crippen LogP contribution in [0.15, 0.2) is 36.0 Å². The van der Waals surface area contributed by atoms with Crippen LogP contribution in [0, 0.1) is 5.92 Å². The van der Waals surface area contributed by atoms with Crippen molar-refractivity contribution in [1.29, 1.82) is 0 Å². The number of allylic oxidation sites excluding steroid dienone is 5. The Morgan fingerprint density at radius 2 is 2.31 bits per heavy atom. The summed E-state index contributed by atoms with van der Waals surface area (Å²) < 4.78 is 0. The molecule has 13 heavy (non-hydrogen) atoms. The molecule has 1 aliphatic carbocycles. The molecule has 2 rings (SSSR count). The van der Waals surface area contributed by atoms with Crippen LogP contribution < -0.4 is 0 Å². The van der Waals surface area contributed by atoms with Crippen LogP contribution in [0.1, 0.15) is 12.8 Å². The minimum Gasteiger partial charge on any atom is -0.306 e. The van der Waals surface area contributed by atoms with Gasteiger partial charge in [-0.05, 0) is 37.9 Å². The molecule has 0 bridgehead atoms. The van der Waals surface area contributed by atoms with E-state index in [0.717, 1.165) is 12.3 Å². The second-order valence-corrected chi connectivity index (χ2v) is 3.97. The molecule has 1 aliphatic heterocycles. The molecule has 0 N–H and O–H groups in total. The van der Waals surface area contributed by atoms with Gasteiger partial charge in [-0.1, -0.05) is 30.4 Å². The maximum Gasteiger partial charge on any atom is 0.00476 e. The second-order valence-electron chi connectivity index (χ2n) is 3.97. The van der Waals surface area contributed by atoms with Gasteiger partial charge in [-0.15, -0.1) is 0 Å². The first-order chi connectivity index (χ1) is 6.36. The smallest absolute Gasteiger partial charge is 0.00476 e. The van der Waals surface area contributed by atoms with Crippen LogP contribution in [0.5, 0.6) is 0 Å². The summed E-state index contributed by atoms with van der Waals surface area (Å²) >= 11 is 0. The number of nitrogens with zero attached hydrogens (tertiary/aromatic N) is 1. The summed E-state index contributed by atoms with van der Waals surface area (Å²) in [6.45, 7) is 2.49. The molecule has 70 valence electrons. The van der Waals surface area contributed by atoms with Crippen LogP contribution >= 0.6 is 0 Å². The zero-order chi connectivity index (χ0) is 9.10. The highest BCUT2D eigenvalue weighted by Gasteiger charge is 2.21. The van der Waals surface area contributed by atoms with E-state index >= 15 is 0 Å². The lowest BCUT2D eigenvalue weighted by Crippen LogP contribution is -2.14. The molecule has 0 aromatic carbocycles. The van der Waals surface area contributed by atoms with E-state index in [1.54, 1.807) is 0 Å². The van der Waals surface area contributed by atoms with E-state index in [-0.39, 0.29) is 0 Å². The van der Waals surface area contributed by atoms with E-state index in [9.17, 15) is 0 Å². The Balaban J connectivity index is 2.04. The maximum absolute atomic E-state index is 2.41. The van der Waals surface area contributed by atoms with Crippen molar-refractivity contribution in [2.45, 2.75) is 12.8 Å². The van der Waals surface area contributed by atoms with Crippen molar-refractivity contribution in [1.82, 2.24) is 4.90 Å². The maximum atomic E-state index is 2.41. The number of likely N-dealkylation sites (tertiary alicyclic amines) is 1. The predicted molar refractivity (Wildman–Crippen MR) is 56.6 cm³/mol. The topological polar surface area (TPSA) is 3.24 Å². The van der Waals surface area contributed by atoms with Gasteiger partial charge in [-0.3, -0.25) is 0 Å². The fourth-order valence-corrected chi connectivity index (χ4v) is 2.11. The van der Waals surface area contributed by atoms with Crippen molar-refractivity contribution in [2.75, 3.05) is 20.1 Å². The molecule has 1 nitrogen and oxygen atoms in total.